The van der Waals surface area contributed by atoms with E-state index < -0.39 is 0 Å². The van der Waals surface area contributed by atoms with Crippen LogP contribution in [0.15, 0.2) is 39.6 Å². The quantitative estimate of drug-likeness (QED) is 0.738. The lowest BCUT2D eigenvalue weighted by atomic mass is 10.2. The monoisotopic (exact) mass is 164 g/mol. The van der Waals surface area contributed by atoms with Crippen molar-refractivity contribution in [3.8, 4) is 11.3 Å². The average molecular weight is 164 g/mol. The SMILES string of the molecule is OCc1cc(-c2ccco2)co1. The summed E-state index contributed by atoms with van der Waals surface area (Å²) in [5, 5.41) is 8.72. The summed E-state index contributed by atoms with van der Waals surface area (Å²) in [6.07, 6.45) is 3.16. The Kier molecular flexibility index (Phi) is 1.72. The Morgan fingerprint density at radius 3 is 2.83 bits per heavy atom. The second-order valence-corrected chi connectivity index (χ2v) is 2.44. The first-order valence-corrected chi connectivity index (χ1v) is 3.62. The fourth-order valence-corrected chi connectivity index (χ4v) is 1.04. The van der Waals surface area contributed by atoms with Crippen molar-refractivity contribution in [1.82, 2.24) is 0 Å². The second-order valence-electron chi connectivity index (χ2n) is 2.44. The largest absolute Gasteiger partial charge is 0.466 e. The molecule has 0 saturated heterocycles. The Hall–Kier alpha value is -1.48. The molecule has 12 heavy (non-hydrogen) atoms. The van der Waals surface area contributed by atoms with Crippen LogP contribution < -0.4 is 0 Å². The molecule has 62 valence electrons. The van der Waals surface area contributed by atoms with Crippen LogP contribution >= 0.6 is 0 Å². The minimum atomic E-state index is -0.0826. The number of furan rings is 2. The molecule has 2 rings (SSSR count). The van der Waals surface area contributed by atoms with Gasteiger partial charge in [-0.1, -0.05) is 0 Å². The Balaban J connectivity index is 2.35. The van der Waals surface area contributed by atoms with E-state index in [1.807, 2.05) is 6.07 Å². The molecule has 0 radical (unpaired) electrons. The molecule has 0 aliphatic heterocycles. The summed E-state index contributed by atoms with van der Waals surface area (Å²) < 4.78 is 10.2. The van der Waals surface area contributed by atoms with E-state index in [1.165, 1.54) is 0 Å². The highest BCUT2D eigenvalue weighted by Gasteiger charge is 2.04. The zero-order chi connectivity index (χ0) is 8.39. The van der Waals surface area contributed by atoms with Crippen LogP contribution in [-0.2, 0) is 6.61 Å². The first kappa shape index (κ1) is 7.18. The highest BCUT2D eigenvalue weighted by molar-refractivity contribution is 5.55. The summed E-state index contributed by atoms with van der Waals surface area (Å²) in [5.74, 6) is 1.29. The molecule has 2 aromatic heterocycles. The fraction of sp³-hybridized carbons (Fsp3) is 0.111. The predicted molar refractivity (Wildman–Crippen MR) is 42.3 cm³/mol. The Bertz CT molecular complexity index is 345. The van der Waals surface area contributed by atoms with Crippen LogP contribution in [0.4, 0.5) is 0 Å². The minimum Gasteiger partial charge on any atom is -0.466 e. The van der Waals surface area contributed by atoms with Crippen LogP contribution in [0.3, 0.4) is 0 Å². The smallest absolute Gasteiger partial charge is 0.137 e. The third kappa shape index (κ3) is 1.14. The number of aliphatic hydroxyl groups is 1. The van der Waals surface area contributed by atoms with Crippen molar-refractivity contribution in [2.45, 2.75) is 6.61 Å². The van der Waals surface area contributed by atoms with Crippen LogP contribution in [0.2, 0.25) is 0 Å². The van der Waals surface area contributed by atoms with Gasteiger partial charge >= 0.3 is 0 Å². The highest BCUT2D eigenvalue weighted by atomic mass is 16.4. The van der Waals surface area contributed by atoms with Crippen LogP contribution in [0.25, 0.3) is 11.3 Å². The van der Waals surface area contributed by atoms with Crippen molar-refractivity contribution in [3.05, 3.63) is 36.5 Å². The van der Waals surface area contributed by atoms with Crippen molar-refractivity contribution >= 4 is 0 Å². The zero-order valence-corrected chi connectivity index (χ0v) is 6.36. The first-order valence-electron chi connectivity index (χ1n) is 3.62. The van der Waals surface area contributed by atoms with Crippen LogP contribution in [0, 0.1) is 0 Å². The summed E-state index contributed by atoms with van der Waals surface area (Å²) in [5.41, 5.74) is 0.851. The van der Waals surface area contributed by atoms with Crippen molar-refractivity contribution in [2.75, 3.05) is 0 Å². The maximum atomic E-state index is 8.72. The molecular formula is C9H8O3. The third-order valence-electron chi connectivity index (χ3n) is 1.62. The molecule has 0 unspecified atom stereocenters. The third-order valence-corrected chi connectivity index (χ3v) is 1.62. The van der Waals surface area contributed by atoms with Gasteiger partial charge in [-0.2, -0.15) is 0 Å². The van der Waals surface area contributed by atoms with Crippen LogP contribution in [0.5, 0.6) is 0 Å². The number of hydrogen-bond acceptors (Lipinski definition) is 3. The van der Waals surface area contributed by atoms with Gasteiger partial charge in [-0.15, -0.1) is 0 Å². The fourth-order valence-electron chi connectivity index (χ4n) is 1.04. The van der Waals surface area contributed by atoms with Gasteiger partial charge in [0.15, 0.2) is 0 Å². The second kappa shape index (κ2) is 2.87. The average Bonchev–Trinajstić information content (AvgIpc) is 2.75. The van der Waals surface area contributed by atoms with E-state index >= 15 is 0 Å². The Morgan fingerprint density at radius 2 is 2.25 bits per heavy atom. The van der Waals surface area contributed by atoms with Gasteiger partial charge in [0.1, 0.15) is 24.4 Å². The van der Waals surface area contributed by atoms with Crippen molar-refractivity contribution < 1.29 is 13.9 Å². The summed E-state index contributed by atoms with van der Waals surface area (Å²) in [6.45, 7) is -0.0826. The van der Waals surface area contributed by atoms with Gasteiger partial charge in [-0.25, -0.2) is 0 Å². The molecule has 0 aliphatic carbocycles. The van der Waals surface area contributed by atoms with E-state index in [0.29, 0.717) is 5.76 Å². The summed E-state index contributed by atoms with van der Waals surface area (Å²) >= 11 is 0. The molecule has 0 spiro atoms. The van der Waals surface area contributed by atoms with E-state index in [4.69, 9.17) is 13.9 Å². The molecule has 0 aliphatic rings. The van der Waals surface area contributed by atoms with Crippen molar-refractivity contribution in [1.29, 1.82) is 0 Å². The van der Waals surface area contributed by atoms with Gasteiger partial charge in [-0.05, 0) is 18.2 Å². The normalized spacial score (nSPS) is 10.4. The number of rotatable bonds is 2. The van der Waals surface area contributed by atoms with Gasteiger partial charge in [0, 0.05) is 0 Å². The van der Waals surface area contributed by atoms with E-state index in [2.05, 4.69) is 0 Å². The lowest BCUT2D eigenvalue weighted by Crippen LogP contribution is -1.73. The number of hydrogen-bond donors (Lipinski definition) is 1. The zero-order valence-electron chi connectivity index (χ0n) is 6.36. The molecule has 2 heterocycles. The van der Waals surface area contributed by atoms with Crippen LogP contribution in [0.1, 0.15) is 5.76 Å². The molecule has 0 amide bonds. The molecule has 0 aromatic carbocycles. The molecule has 3 heteroatoms. The van der Waals surface area contributed by atoms with Gasteiger partial charge in [0.25, 0.3) is 0 Å². The molecule has 0 saturated carbocycles. The Labute approximate surface area is 69.2 Å². The number of aliphatic hydroxyl groups excluding tert-OH is 1. The van der Waals surface area contributed by atoms with Crippen LogP contribution in [-0.4, -0.2) is 5.11 Å². The lowest BCUT2D eigenvalue weighted by molar-refractivity contribution is 0.247. The first-order chi connectivity index (χ1) is 5.90. The summed E-state index contributed by atoms with van der Waals surface area (Å²) in [7, 11) is 0. The standard InChI is InChI=1S/C9H8O3/c10-5-8-4-7(6-12-8)9-2-1-3-11-9/h1-4,6,10H,5H2. The molecule has 0 atom stereocenters. The summed E-state index contributed by atoms with van der Waals surface area (Å²) in [6, 6.07) is 5.39. The van der Waals surface area contributed by atoms with Crippen molar-refractivity contribution in [2.24, 2.45) is 0 Å². The van der Waals surface area contributed by atoms with E-state index in [9.17, 15) is 0 Å². The van der Waals surface area contributed by atoms with Gasteiger partial charge in [0.2, 0.25) is 0 Å². The predicted octanol–water partition coefficient (Wildman–Crippen LogP) is 2.03. The lowest BCUT2D eigenvalue weighted by Gasteiger charge is -1.84. The molecule has 0 bridgehead atoms. The maximum absolute atomic E-state index is 8.72. The van der Waals surface area contributed by atoms with E-state index in [0.717, 1.165) is 11.3 Å². The van der Waals surface area contributed by atoms with Crippen molar-refractivity contribution in [3.63, 3.8) is 0 Å². The molecule has 0 fully saturated rings. The van der Waals surface area contributed by atoms with E-state index in [1.54, 1.807) is 24.7 Å². The topological polar surface area (TPSA) is 46.5 Å². The maximum Gasteiger partial charge on any atom is 0.137 e. The van der Waals surface area contributed by atoms with Gasteiger partial charge < -0.3 is 13.9 Å². The highest BCUT2D eigenvalue weighted by Crippen LogP contribution is 2.22. The molecular weight excluding hydrogens is 156 g/mol. The van der Waals surface area contributed by atoms with Gasteiger partial charge in [0.05, 0.1) is 11.8 Å². The Morgan fingerprint density at radius 1 is 1.33 bits per heavy atom. The van der Waals surface area contributed by atoms with E-state index in [-0.39, 0.29) is 6.61 Å². The minimum absolute atomic E-state index is 0.0826. The van der Waals surface area contributed by atoms with Gasteiger partial charge in [-0.3, -0.25) is 0 Å². The molecule has 2 aromatic rings. The molecule has 1 N–H and O–H groups in total. The molecule has 3 nitrogen and oxygen atoms in total. The summed E-state index contributed by atoms with van der Waals surface area (Å²) in [4.78, 5) is 0.